The Hall–Kier alpha value is -2.01. The minimum Gasteiger partial charge on any atom is -0.596 e. The Labute approximate surface area is 128 Å². The maximum Gasteiger partial charge on any atom is 0.209 e. The van der Waals surface area contributed by atoms with E-state index in [1.807, 2.05) is 24.3 Å². The third kappa shape index (κ3) is 3.76. The molecule has 0 atom stereocenters. The second-order valence-electron chi connectivity index (χ2n) is 4.62. The second-order valence-corrected chi connectivity index (χ2v) is 5.00. The fourth-order valence-electron chi connectivity index (χ4n) is 2.06. The van der Waals surface area contributed by atoms with Crippen molar-refractivity contribution in [1.29, 1.82) is 0 Å². The predicted octanol–water partition coefficient (Wildman–Crippen LogP) is 2.38. The summed E-state index contributed by atoms with van der Waals surface area (Å²) < 4.78 is 6.51. The van der Waals surface area contributed by atoms with E-state index in [-0.39, 0.29) is 5.78 Å². The number of ketones is 1. The number of ether oxygens (including phenoxy) is 1. The molecule has 0 saturated heterocycles. The summed E-state index contributed by atoms with van der Waals surface area (Å²) in [4.78, 5) is 12.8. The number of nitrogens with zero attached hydrogens (tertiary/aromatic N) is 2. The lowest BCUT2D eigenvalue weighted by atomic mass is 10.1. The van der Waals surface area contributed by atoms with E-state index in [0.29, 0.717) is 35.8 Å². The van der Waals surface area contributed by atoms with E-state index in [0.717, 1.165) is 11.3 Å². The van der Waals surface area contributed by atoms with Crippen LogP contribution in [0, 0.1) is 5.21 Å². The fourth-order valence-corrected chi connectivity index (χ4v) is 2.19. The van der Waals surface area contributed by atoms with Gasteiger partial charge in [0.15, 0.2) is 5.78 Å². The summed E-state index contributed by atoms with van der Waals surface area (Å²) in [6.45, 7) is 0.336. The van der Waals surface area contributed by atoms with Crippen LogP contribution >= 0.6 is 11.6 Å². The molecule has 0 aliphatic heterocycles. The average Bonchev–Trinajstić information content (AvgIpc) is 2.87. The van der Waals surface area contributed by atoms with Crippen LogP contribution in [0.2, 0.25) is 0 Å². The van der Waals surface area contributed by atoms with E-state index in [1.54, 1.807) is 13.2 Å². The summed E-state index contributed by atoms with van der Waals surface area (Å²) in [7, 11) is 1.60. The number of aromatic nitrogens is 2. The van der Waals surface area contributed by atoms with E-state index in [9.17, 15) is 10.0 Å². The molecule has 0 saturated carbocycles. The first-order chi connectivity index (χ1) is 10.2. The lowest BCUT2D eigenvalue weighted by Crippen LogP contribution is -2.38. The van der Waals surface area contributed by atoms with Gasteiger partial charge in [0.25, 0.3) is 0 Å². The Bertz CT molecular complexity index is 608. The van der Waals surface area contributed by atoms with Gasteiger partial charge in [0.1, 0.15) is 18.0 Å². The Morgan fingerprint density at radius 2 is 2.05 bits per heavy atom. The molecule has 0 spiro atoms. The summed E-state index contributed by atoms with van der Waals surface area (Å²) in [6.07, 6.45) is 2.29. The van der Waals surface area contributed by atoms with Crippen molar-refractivity contribution in [3.8, 4) is 5.75 Å². The highest BCUT2D eigenvalue weighted by molar-refractivity contribution is 6.18. The number of rotatable bonds is 7. The summed E-state index contributed by atoms with van der Waals surface area (Å²) in [5, 5.41) is 11.8. The highest BCUT2D eigenvalue weighted by Crippen LogP contribution is 2.13. The first-order valence-electron chi connectivity index (χ1n) is 6.66. The molecule has 1 heterocycles. The smallest absolute Gasteiger partial charge is 0.209 e. The van der Waals surface area contributed by atoms with Crippen LogP contribution < -0.4 is 9.58 Å². The van der Waals surface area contributed by atoms with Gasteiger partial charge in [-0.1, -0.05) is 17.0 Å². The summed E-state index contributed by atoms with van der Waals surface area (Å²) in [5.41, 5.74) is 1.33. The van der Waals surface area contributed by atoms with Gasteiger partial charge in [-0.15, -0.1) is 16.3 Å². The zero-order chi connectivity index (χ0) is 15.2. The SMILES string of the molecule is COc1ccc(Cn2c(C(=O)CCCCl)cc[n+]2[O-])cc1. The Balaban J connectivity index is 2.18. The zero-order valence-corrected chi connectivity index (χ0v) is 12.5. The monoisotopic (exact) mass is 308 g/mol. The van der Waals surface area contributed by atoms with E-state index in [2.05, 4.69) is 0 Å². The van der Waals surface area contributed by atoms with E-state index < -0.39 is 0 Å². The van der Waals surface area contributed by atoms with Crippen LogP contribution in [-0.2, 0) is 6.54 Å². The molecule has 2 aromatic rings. The second kappa shape index (κ2) is 7.13. The minimum atomic E-state index is -0.0706. The number of hydrogen-bond donors (Lipinski definition) is 0. The van der Waals surface area contributed by atoms with Crippen LogP contribution in [-0.4, -0.2) is 23.5 Å². The number of benzene rings is 1. The van der Waals surface area contributed by atoms with Crippen molar-refractivity contribution in [3.05, 3.63) is 53.0 Å². The van der Waals surface area contributed by atoms with Crippen molar-refractivity contribution in [2.24, 2.45) is 0 Å². The highest BCUT2D eigenvalue weighted by atomic mass is 35.5. The van der Waals surface area contributed by atoms with Gasteiger partial charge in [-0.05, 0) is 24.1 Å². The van der Waals surface area contributed by atoms with Gasteiger partial charge in [0, 0.05) is 18.4 Å². The van der Waals surface area contributed by atoms with Crippen molar-refractivity contribution in [2.45, 2.75) is 19.4 Å². The number of halogens is 1. The maximum atomic E-state index is 12.1. The van der Waals surface area contributed by atoms with Crippen molar-refractivity contribution < 1.29 is 14.4 Å². The van der Waals surface area contributed by atoms with Crippen LogP contribution in [0.25, 0.3) is 0 Å². The number of Topliss-reactive ketones (excluding diaryl/α,β-unsaturated/α-hetero) is 1. The van der Waals surface area contributed by atoms with Crippen molar-refractivity contribution in [3.63, 3.8) is 0 Å². The average molecular weight is 309 g/mol. The molecule has 0 bridgehead atoms. The molecule has 0 unspecified atom stereocenters. The Morgan fingerprint density at radius 3 is 2.67 bits per heavy atom. The standard InChI is InChI=1S/C15H17ClN2O3/c1-21-13-6-4-12(5-7-13)11-17-14(8-10-18(17)20)15(19)3-2-9-16/h4-8,10H,2-3,9,11H2,1H3. The van der Waals surface area contributed by atoms with Gasteiger partial charge in [-0.25, -0.2) is 0 Å². The van der Waals surface area contributed by atoms with Crippen molar-refractivity contribution in [2.75, 3.05) is 13.0 Å². The van der Waals surface area contributed by atoms with Gasteiger partial charge in [-0.2, -0.15) is 0 Å². The number of methoxy groups -OCH3 is 1. The zero-order valence-electron chi connectivity index (χ0n) is 11.8. The van der Waals surface area contributed by atoms with Crippen molar-refractivity contribution in [1.82, 2.24) is 4.68 Å². The number of hydrogen-bond acceptors (Lipinski definition) is 3. The predicted molar refractivity (Wildman–Crippen MR) is 79.8 cm³/mol. The Morgan fingerprint density at radius 1 is 1.33 bits per heavy atom. The van der Waals surface area contributed by atoms with Gasteiger partial charge < -0.3 is 9.94 Å². The minimum absolute atomic E-state index is 0.0706. The summed E-state index contributed by atoms with van der Waals surface area (Å²) >= 11 is 5.60. The van der Waals surface area contributed by atoms with Gasteiger partial charge in [0.2, 0.25) is 6.20 Å². The molecule has 5 nitrogen and oxygen atoms in total. The van der Waals surface area contributed by atoms with Crippen molar-refractivity contribution >= 4 is 17.4 Å². The molecule has 0 fully saturated rings. The first-order valence-corrected chi connectivity index (χ1v) is 7.20. The molecule has 0 N–H and O–H groups in total. The van der Waals surface area contributed by atoms with Crippen LogP contribution in [0.4, 0.5) is 0 Å². The maximum absolute atomic E-state index is 12.1. The number of carbonyl (C=O) groups excluding carboxylic acids is 1. The summed E-state index contributed by atoms with van der Waals surface area (Å²) in [6, 6.07) is 8.93. The van der Waals surface area contributed by atoms with Crippen LogP contribution in [0.1, 0.15) is 28.9 Å². The summed E-state index contributed by atoms with van der Waals surface area (Å²) in [5.74, 6) is 1.11. The van der Waals surface area contributed by atoms with Crippen LogP contribution in [0.15, 0.2) is 36.5 Å². The third-order valence-electron chi connectivity index (χ3n) is 3.19. The molecule has 1 aromatic heterocycles. The molecule has 1 aromatic carbocycles. The molecule has 21 heavy (non-hydrogen) atoms. The largest absolute Gasteiger partial charge is 0.596 e. The molecule has 0 radical (unpaired) electrons. The van der Waals surface area contributed by atoms with Gasteiger partial charge in [0.05, 0.1) is 7.11 Å². The number of carbonyl (C=O) groups is 1. The normalized spacial score (nSPS) is 10.6. The van der Waals surface area contributed by atoms with Crippen LogP contribution in [0.3, 0.4) is 0 Å². The van der Waals surface area contributed by atoms with E-state index in [4.69, 9.17) is 16.3 Å². The van der Waals surface area contributed by atoms with E-state index >= 15 is 0 Å². The first kappa shape index (κ1) is 15.4. The lowest BCUT2D eigenvalue weighted by molar-refractivity contribution is -0.693. The van der Waals surface area contributed by atoms with E-state index in [1.165, 1.54) is 10.9 Å². The molecular formula is C15H17ClN2O3. The molecular weight excluding hydrogens is 292 g/mol. The topological polar surface area (TPSA) is 58.2 Å². The lowest BCUT2D eigenvalue weighted by Gasteiger charge is -2.08. The molecule has 2 rings (SSSR count). The van der Waals surface area contributed by atoms with Gasteiger partial charge in [-0.3, -0.25) is 4.79 Å². The fraction of sp³-hybridized carbons (Fsp3) is 0.333. The van der Waals surface area contributed by atoms with Gasteiger partial charge >= 0.3 is 0 Å². The molecule has 0 aliphatic carbocycles. The molecule has 0 aliphatic rings. The quantitative estimate of drug-likeness (QED) is 0.341. The molecule has 6 heteroatoms. The third-order valence-corrected chi connectivity index (χ3v) is 3.46. The Kier molecular flexibility index (Phi) is 5.22. The highest BCUT2D eigenvalue weighted by Gasteiger charge is 2.18. The van der Waals surface area contributed by atoms with Crippen LogP contribution in [0.5, 0.6) is 5.75 Å². The molecule has 112 valence electrons. The number of alkyl halides is 1. The molecule has 0 amide bonds.